The van der Waals surface area contributed by atoms with E-state index in [1.54, 1.807) is 11.3 Å². The third-order valence-corrected chi connectivity index (χ3v) is 6.87. The molecule has 3 aromatic rings. The number of rotatable bonds is 4. The number of piperazine rings is 1. The molecule has 0 bridgehead atoms. The van der Waals surface area contributed by atoms with Crippen LogP contribution in [-0.2, 0) is 6.42 Å². The van der Waals surface area contributed by atoms with Crippen LogP contribution in [0, 0.1) is 0 Å². The van der Waals surface area contributed by atoms with Crippen LogP contribution in [0.25, 0.3) is 21.1 Å². The van der Waals surface area contributed by atoms with E-state index in [4.69, 9.17) is 15.7 Å². The van der Waals surface area contributed by atoms with Crippen molar-refractivity contribution in [3.8, 4) is 0 Å². The highest BCUT2D eigenvalue weighted by atomic mass is 32.1. The second-order valence-electron chi connectivity index (χ2n) is 8.73. The third kappa shape index (κ3) is 3.67. The van der Waals surface area contributed by atoms with Gasteiger partial charge in [-0.05, 0) is 51.8 Å². The summed E-state index contributed by atoms with van der Waals surface area (Å²) < 4.78 is 1.18. The van der Waals surface area contributed by atoms with Gasteiger partial charge in [-0.1, -0.05) is 13.3 Å². The first-order chi connectivity index (χ1) is 13.4. The zero-order valence-corrected chi connectivity index (χ0v) is 18.3. The predicted octanol–water partition coefficient (Wildman–Crippen LogP) is 4.69. The van der Waals surface area contributed by atoms with E-state index in [0.29, 0.717) is 5.82 Å². The Balaban J connectivity index is 1.63. The number of benzene rings is 1. The summed E-state index contributed by atoms with van der Waals surface area (Å²) in [6.45, 7) is 13.4. The molecule has 0 amide bonds. The standard InChI is InChI=1S/C22H31N5S/c1-5-6-7-18-25-19-20(28-18)16-9-8-15(14-17(16)24-21(19)23)26-10-12-27(13-11-26)22(2,3)4/h8-9,14H,5-7,10-13H2,1-4H3,(H2,23,24). The molecule has 6 heteroatoms. The predicted molar refractivity (Wildman–Crippen MR) is 121 cm³/mol. The highest BCUT2D eigenvalue weighted by molar-refractivity contribution is 7.19. The minimum atomic E-state index is 0.235. The molecule has 1 aliphatic rings. The summed E-state index contributed by atoms with van der Waals surface area (Å²) in [6, 6.07) is 6.64. The Bertz CT molecular complexity index is 980. The molecular formula is C22H31N5S. The van der Waals surface area contributed by atoms with Gasteiger partial charge in [0.25, 0.3) is 0 Å². The number of anilines is 2. The fraction of sp³-hybridized carbons (Fsp3) is 0.545. The molecule has 1 aliphatic heterocycles. The van der Waals surface area contributed by atoms with Crippen molar-refractivity contribution < 1.29 is 0 Å². The van der Waals surface area contributed by atoms with Gasteiger partial charge in [-0.2, -0.15) is 0 Å². The molecule has 0 aliphatic carbocycles. The number of nitrogen functional groups attached to an aromatic ring is 1. The SMILES string of the molecule is CCCCc1nc2c(N)nc3cc(N4CCN(C(C)(C)C)CC4)ccc3c2s1. The summed E-state index contributed by atoms with van der Waals surface area (Å²) in [5.41, 5.74) is 9.59. The molecule has 4 rings (SSSR count). The summed E-state index contributed by atoms with van der Waals surface area (Å²) >= 11 is 1.77. The number of hydrogen-bond donors (Lipinski definition) is 1. The molecule has 1 saturated heterocycles. The van der Waals surface area contributed by atoms with Crippen molar-refractivity contribution >= 4 is 44.0 Å². The highest BCUT2D eigenvalue weighted by Gasteiger charge is 2.26. The van der Waals surface area contributed by atoms with Crippen LogP contribution in [0.15, 0.2) is 18.2 Å². The van der Waals surface area contributed by atoms with Crippen molar-refractivity contribution in [1.29, 1.82) is 0 Å². The Morgan fingerprint density at radius 1 is 1.11 bits per heavy atom. The van der Waals surface area contributed by atoms with Gasteiger partial charge in [0, 0.05) is 42.8 Å². The molecule has 2 aromatic heterocycles. The topological polar surface area (TPSA) is 58.3 Å². The number of unbranched alkanes of at least 4 members (excludes halogenated alkanes) is 1. The first kappa shape index (κ1) is 19.4. The van der Waals surface area contributed by atoms with Crippen molar-refractivity contribution in [2.45, 2.75) is 52.5 Å². The van der Waals surface area contributed by atoms with Gasteiger partial charge < -0.3 is 10.6 Å². The van der Waals surface area contributed by atoms with Crippen LogP contribution < -0.4 is 10.6 Å². The van der Waals surface area contributed by atoms with Gasteiger partial charge in [-0.3, -0.25) is 4.90 Å². The number of pyridine rings is 1. The quantitative estimate of drug-likeness (QED) is 0.692. The van der Waals surface area contributed by atoms with E-state index >= 15 is 0 Å². The molecule has 1 fully saturated rings. The minimum Gasteiger partial charge on any atom is -0.382 e. The van der Waals surface area contributed by atoms with Crippen LogP contribution >= 0.6 is 11.3 Å². The van der Waals surface area contributed by atoms with Crippen LogP contribution in [0.4, 0.5) is 11.5 Å². The third-order valence-electron chi connectivity index (χ3n) is 5.72. The van der Waals surface area contributed by atoms with Crippen molar-refractivity contribution in [1.82, 2.24) is 14.9 Å². The van der Waals surface area contributed by atoms with Gasteiger partial charge in [0.1, 0.15) is 5.52 Å². The van der Waals surface area contributed by atoms with E-state index in [1.807, 2.05) is 0 Å². The molecule has 0 unspecified atom stereocenters. The number of thiazole rings is 1. The van der Waals surface area contributed by atoms with Crippen molar-refractivity contribution in [2.24, 2.45) is 0 Å². The van der Waals surface area contributed by atoms with Gasteiger partial charge >= 0.3 is 0 Å². The van der Waals surface area contributed by atoms with Crippen molar-refractivity contribution in [3.05, 3.63) is 23.2 Å². The number of nitrogens with zero attached hydrogens (tertiary/aromatic N) is 4. The summed E-state index contributed by atoms with van der Waals surface area (Å²) in [5, 5.41) is 2.33. The van der Waals surface area contributed by atoms with E-state index in [9.17, 15) is 0 Å². The smallest absolute Gasteiger partial charge is 0.151 e. The Labute approximate surface area is 171 Å². The fourth-order valence-electron chi connectivity index (χ4n) is 3.97. The lowest BCUT2D eigenvalue weighted by Gasteiger charge is -2.43. The Morgan fingerprint density at radius 2 is 1.86 bits per heavy atom. The van der Waals surface area contributed by atoms with Crippen molar-refractivity contribution in [3.63, 3.8) is 0 Å². The lowest BCUT2D eigenvalue weighted by Crippen LogP contribution is -2.53. The fourth-order valence-corrected chi connectivity index (χ4v) is 5.12. The average molecular weight is 398 g/mol. The average Bonchev–Trinajstić information content (AvgIpc) is 3.10. The molecule has 0 atom stereocenters. The largest absolute Gasteiger partial charge is 0.382 e. The van der Waals surface area contributed by atoms with Crippen LogP contribution in [0.1, 0.15) is 45.5 Å². The lowest BCUT2D eigenvalue weighted by atomic mass is 10.0. The van der Waals surface area contributed by atoms with Crippen molar-refractivity contribution in [2.75, 3.05) is 36.8 Å². The summed E-state index contributed by atoms with van der Waals surface area (Å²) in [7, 11) is 0. The number of aryl methyl sites for hydroxylation is 1. The molecule has 150 valence electrons. The molecule has 0 radical (unpaired) electrons. The Kier molecular flexibility index (Phi) is 5.19. The van der Waals surface area contributed by atoms with Crippen LogP contribution in [0.2, 0.25) is 0 Å². The lowest BCUT2D eigenvalue weighted by molar-refractivity contribution is 0.128. The van der Waals surface area contributed by atoms with Crippen LogP contribution in [-0.4, -0.2) is 46.6 Å². The Hall–Kier alpha value is -1.92. The van der Waals surface area contributed by atoms with Gasteiger partial charge in [0.15, 0.2) is 5.82 Å². The second-order valence-corrected chi connectivity index (χ2v) is 9.82. The van der Waals surface area contributed by atoms with Gasteiger partial charge in [0.05, 0.1) is 15.2 Å². The zero-order valence-electron chi connectivity index (χ0n) is 17.5. The van der Waals surface area contributed by atoms with Crippen LogP contribution in [0.3, 0.4) is 0 Å². The zero-order chi connectivity index (χ0) is 19.9. The number of nitrogens with two attached hydrogens (primary N) is 1. The molecule has 28 heavy (non-hydrogen) atoms. The maximum absolute atomic E-state index is 6.27. The van der Waals surface area contributed by atoms with Crippen LogP contribution in [0.5, 0.6) is 0 Å². The summed E-state index contributed by atoms with van der Waals surface area (Å²) in [4.78, 5) is 14.5. The summed E-state index contributed by atoms with van der Waals surface area (Å²) in [6.07, 6.45) is 3.36. The van der Waals surface area contributed by atoms with E-state index in [0.717, 1.165) is 50.1 Å². The molecular weight excluding hydrogens is 366 g/mol. The molecule has 0 saturated carbocycles. The maximum atomic E-state index is 6.27. The second kappa shape index (κ2) is 7.48. The number of fused-ring (bicyclic) bond motifs is 3. The monoisotopic (exact) mass is 397 g/mol. The van der Waals surface area contributed by atoms with E-state index in [-0.39, 0.29) is 5.54 Å². The van der Waals surface area contributed by atoms with E-state index in [2.05, 4.69) is 55.7 Å². The molecule has 1 aromatic carbocycles. The number of hydrogen-bond acceptors (Lipinski definition) is 6. The highest BCUT2D eigenvalue weighted by Crippen LogP contribution is 2.35. The van der Waals surface area contributed by atoms with Gasteiger partial charge in [0.2, 0.25) is 0 Å². The molecule has 5 nitrogen and oxygen atoms in total. The molecule has 0 spiro atoms. The molecule has 3 heterocycles. The van der Waals surface area contributed by atoms with E-state index < -0.39 is 0 Å². The maximum Gasteiger partial charge on any atom is 0.151 e. The Morgan fingerprint density at radius 3 is 2.54 bits per heavy atom. The molecule has 2 N–H and O–H groups in total. The summed E-state index contributed by atoms with van der Waals surface area (Å²) in [5.74, 6) is 0.552. The van der Waals surface area contributed by atoms with Gasteiger partial charge in [-0.25, -0.2) is 9.97 Å². The van der Waals surface area contributed by atoms with Gasteiger partial charge in [-0.15, -0.1) is 11.3 Å². The van der Waals surface area contributed by atoms with E-state index in [1.165, 1.54) is 27.2 Å². The number of aromatic nitrogens is 2. The minimum absolute atomic E-state index is 0.235. The first-order valence-corrected chi connectivity index (χ1v) is 11.2. The normalized spacial score (nSPS) is 16.4. The first-order valence-electron chi connectivity index (χ1n) is 10.4.